The lowest BCUT2D eigenvalue weighted by molar-refractivity contribution is 0.573. The van der Waals surface area contributed by atoms with Crippen molar-refractivity contribution in [3.63, 3.8) is 0 Å². The van der Waals surface area contributed by atoms with Gasteiger partial charge in [0.05, 0.1) is 0 Å². The van der Waals surface area contributed by atoms with E-state index in [1.54, 1.807) is 6.07 Å². The van der Waals surface area contributed by atoms with E-state index in [1.807, 2.05) is 79.8 Å². The average Bonchev–Trinajstić information content (AvgIpc) is 3.09. The first-order valence-corrected chi connectivity index (χ1v) is 17.5. The van der Waals surface area contributed by atoms with Crippen molar-refractivity contribution in [3.05, 3.63) is 125 Å². The highest BCUT2D eigenvalue weighted by atomic mass is 19.1. The molecule has 0 fully saturated rings. The summed E-state index contributed by atoms with van der Waals surface area (Å²) >= 11 is 0. The molecular formula is C43H66FN. The normalized spacial score (nSPS) is 10.6. The maximum Gasteiger partial charge on any atom is 0.131 e. The smallest absolute Gasteiger partial charge is 0.131 e. The minimum absolute atomic E-state index is 0.173. The summed E-state index contributed by atoms with van der Waals surface area (Å²) in [6.07, 6.45) is 10.0. The molecule has 45 heavy (non-hydrogen) atoms. The van der Waals surface area contributed by atoms with E-state index in [1.165, 1.54) is 16.7 Å². The fourth-order valence-electron chi connectivity index (χ4n) is 4.79. The van der Waals surface area contributed by atoms with Crippen LogP contribution in [0.25, 0.3) is 16.7 Å². The van der Waals surface area contributed by atoms with Gasteiger partial charge in [0.2, 0.25) is 0 Å². The number of nitrogens with one attached hydrogen (secondary N) is 1. The molecule has 0 radical (unpaired) electrons. The molecule has 0 saturated heterocycles. The lowest BCUT2D eigenvalue weighted by Gasteiger charge is -2.21. The highest BCUT2D eigenvalue weighted by Gasteiger charge is 2.15. The number of allylic oxidation sites excluding steroid dienone is 4. The molecular weight excluding hydrogens is 549 g/mol. The van der Waals surface area contributed by atoms with E-state index in [0.29, 0.717) is 11.5 Å². The minimum Gasteiger partial charge on any atom is -0.391 e. The quantitative estimate of drug-likeness (QED) is 0.200. The predicted molar refractivity (Wildman–Crippen MR) is 205 cm³/mol. The Kier molecular flexibility index (Phi) is 26.2. The predicted octanol–water partition coefficient (Wildman–Crippen LogP) is 13.4. The van der Waals surface area contributed by atoms with Crippen molar-refractivity contribution in [2.45, 2.75) is 115 Å². The number of hydrogen-bond acceptors (Lipinski definition) is 1. The Hall–Kier alpha value is -3.39. The third-order valence-electron chi connectivity index (χ3n) is 7.23. The molecule has 0 aliphatic heterocycles. The van der Waals surface area contributed by atoms with Crippen LogP contribution in [0.5, 0.6) is 0 Å². The molecule has 1 N–H and O–H groups in total. The summed E-state index contributed by atoms with van der Waals surface area (Å²) in [5, 5.41) is 3.29. The van der Waals surface area contributed by atoms with Gasteiger partial charge in [0.15, 0.2) is 0 Å². The van der Waals surface area contributed by atoms with E-state index >= 15 is 0 Å². The summed E-state index contributed by atoms with van der Waals surface area (Å²) in [7, 11) is 1.95. The first-order valence-electron chi connectivity index (χ1n) is 17.5. The Morgan fingerprint density at radius 2 is 1.36 bits per heavy atom. The number of aryl methyl sites for hydroxylation is 4. The zero-order valence-electron chi connectivity index (χ0n) is 31.0. The third-order valence-corrected chi connectivity index (χ3v) is 7.23. The lowest BCUT2D eigenvalue weighted by Crippen LogP contribution is -2.16. The summed E-state index contributed by atoms with van der Waals surface area (Å²) in [5.74, 6) is 0.174. The van der Waals surface area contributed by atoms with Gasteiger partial charge in [-0.15, -0.1) is 0 Å². The molecule has 3 aromatic rings. The number of benzene rings is 3. The molecule has 0 heterocycles. The van der Waals surface area contributed by atoms with Gasteiger partial charge in [0.25, 0.3) is 0 Å². The molecule has 0 amide bonds. The van der Waals surface area contributed by atoms with Crippen molar-refractivity contribution < 1.29 is 4.39 Å². The zero-order chi connectivity index (χ0) is 34.8. The number of rotatable bonds is 12. The molecule has 250 valence electrons. The minimum atomic E-state index is -0.173. The molecule has 0 aliphatic carbocycles. The first-order chi connectivity index (χ1) is 21.8. The molecule has 1 atom stereocenters. The molecule has 1 unspecified atom stereocenters. The van der Waals surface area contributed by atoms with Gasteiger partial charge >= 0.3 is 0 Å². The molecule has 3 aromatic carbocycles. The fraction of sp³-hybridized carbons (Fsp3) is 0.442. The van der Waals surface area contributed by atoms with Crippen LogP contribution in [0.2, 0.25) is 0 Å². The third kappa shape index (κ3) is 15.9. The Morgan fingerprint density at radius 3 is 1.78 bits per heavy atom. The van der Waals surface area contributed by atoms with Crippen LogP contribution < -0.4 is 5.32 Å². The van der Waals surface area contributed by atoms with Gasteiger partial charge in [0, 0.05) is 24.2 Å². The van der Waals surface area contributed by atoms with E-state index < -0.39 is 0 Å². The summed E-state index contributed by atoms with van der Waals surface area (Å²) in [4.78, 5) is 0. The molecule has 0 aromatic heterocycles. The van der Waals surface area contributed by atoms with Crippen molar-refractivity contribution in [2.75, 3.05) is 7.05 Å². The van der Waals surface area contributed by atoms with Crippen molar-refractivity contribution in [1.82, 2.24) is 5.32 Å². The van der Waals surface area contributed by atoms with Gasteiger partial charge in [-0.1, -0.05) is 143 Å². The Bertz CT molecular complexity index is 1210. The van der Waals surface area contributed by atoms with Crippen molar-refractivity contribution in [3.8, 4) is 11.1 Å². The van der Waals surface area contributed by atoms with Crippen LogP contribution in [-0.4, -0.2) is 7.05 Å². The SMILES string of the molecule is C=C/C=C(\NC)C(CC)CC(=C)c1cc(CCC)cc(-c2ccc(C)cc2F)c1.CC.CC.CC.CCc1ccc(CC)cc1. The number of halogens is 1. The Morgan fingerprint density at radius 1 is 0.800 bits per heavy atom. The lowest BCUT2D eigenvalue weighted by atomic mass is 9.88. The first kappa shape index (κ1) is 43.7. The fourth-order valence-corrected chi connectivity index (χ4v) is 4.79. The Balaban J connectivity index is 0. The van der Waals surface area contributed by atoms with E-state index in [2.05, 4.69) is 88.6 Å². The highest BCUT2D eigenvalue weighted by Crippen LogP contribution is 2.32. The molecule has 3 rings (SSSR count). The molecule has 1 nitrogen and oxygen atoms in total. The highest BCUT2D eigenvalue weighted by molar-refractivity contribution is 5.73. The molecule has 0 aliphatic rings. The maximum absolute atomic E-state index is 14.6. The van der Waals surface area contributed by atoms with E-state index in [4.69, 9.17) is 0 Å². The van der Waals surface area contributed by atoms with E-state index in [0.717, 1.165) is 66.5 Å². The average molecular weight is 616 g/mol. The number of hydrogen-bond donors (Lipinski definition) is 1. The zero-order valence-corrected chi connectivity index (χ0v) is 31.0. The monoisotopic (exact) mass is 616 g/mol. The van der Waals surface area contributed by atoms with Gasteiger partial charge in [-0.3, -0.25) is 0 Å². The summed E-state index contributed by atoms with van der Waals surface area (Å²) < 4.78 is 14.6. The Labute approximate surface area is 278 Å². The summed E-state index contributed by atoms with van der Waals surface area (Å²) in [6, 6.07) is 20.7. The standard InChI is InChI=1S/C27H34FN.C10H14.3C2H6/c1-7-10-21-16-23(20(5)15-22(9-3)27(29-6)11-8-2)18-24(17-21)25-13-12-19(4)14-26(25)28;1-3-9-5-7-10(4-2)8-6-9;3*1-2/h8,11-14,16-18,22,29H,2,5,7,9-10,15H2,1,3-4,6H3;5-8H,3-4H2,1-2H3;3*1-2H3/b27-11-;;;;. The maximum atomic E-state index is 14.6. The summed E-state index contributed by atoms with van der Waals surface area (Å²) in [6.45, 7) is 30.8. The molecule has 0 saturated carbocycles. The van der Waals surface area contributed by atoms with Gasteiger partial charge in [0.1, 0.15) is 5.82 Å². The van der Waals surface area contributed by atoms with Crippen LogP contribution in [0.15, 0.2) is 91.7 Å². The van der Waals surface area contributed by atoms with Crippen LogP contribution >= 0.6 is 0 Å². The molecule has 0 bridgehead atoms. The van der Waals surface area contributed by atoms with Gasteiger partial charge in [-0.25, -0.2) is 4.39 Å². The van der Waals surface area contributed by atoms with Crippen LogP contribution in [0.4, 0.5) is 4.39 Å². The van der Waals surface area contributed by atoms with Gasteiger partial charge in [-0.05, 0) is 96.2 Å². The topological polar surface area (TPSA) is 12.0 Å². The van der Waals surface area contributed by atoms with Gasteiger partial charge in [-0.2, -0.15) is 0 Å². The van der Waals surface area contributed by atoms with Crippen LogP contribution in [0.1, 0.15) is 116 Å². The van der Waals surface area contributed by atoms with Crippen LogP contribution in [0.3, 0.4) is 0 Å². The van der Waals surface area contributed by atoms with E-state index in [9.17, 15) is 4.39 Å². The second-order valence-corrected chi connectivity index (χ2v) is 10.2. The summed E-state index contributed by atoms with van der Waals surface area (Å²) in [5.41, 5.74) is 9.93. The van der Waals surface area contributed by atoms with Gasteiger partial charge < -0.3 is 5.32 Å². The van der Waals surface area contributed by atoms with Crippen molar-refractivity contribution in [1.29, 1.82) is 0 Å². The van der Waals surface area contributed by atoms with E-state index in [-0.39, 0.29) is 5.82 Å². The molecule has 2 heteroatoms. The largest absolute Gasteiger partial charge is 0.391 e. The second-order valence-electron chi connectivity index (χ2n) is 10.2. The van der Waals surface area contributed by atoms with Crippen molar-refractivity contribution in [2.24, 2.45) is 5.92 Å². The van der Waals surface area contributed by atoms with Crippen LogP contribution in [0, 0.1) is 18.7 Å². The second kappa shape index (κ2) is 27.0. The van der Waals surface area contributed by atoms with Crippen LogP contribution in [-0.2, 0) is 19.3 Å². The molecule has 0 spiro atoms. The van der Waals surface area contributed by atoms with Crippen molar-refractivity contribution >= 4 is 5.57 Å².